The van der Waals surface area contributed by atoms with Crippen molar-refractivity contribution in [2.75, 3.05) is 0 Å². The minimum Gasteiger partial charge on any atom is -0.307 e. The van der Waals surface area contributed by atoms with Crippen LogP contribution in [0, 0.1) is 82.3 Å². The van der Waals surface area contributed by atoms with Crippen LogP contribution in [0.2, 0.25) is 0 Å². The third-order valence-corrected chi connectivity index (χ3v) is 21.2. The highest BCUT2D eigenvalue weighted by Crippen LogP contribution is 2.77. The fourth-order valence-electron chi connectivity index (χ4n) is 19.5. The molecule has 0 bridgehead atoms. The van der Waals surface area contributed by atoms with E-state index in [-0.39, 0.29) is 0 Å². The van der Waals surface area contributed by atoms with E-state index in [9.17, 15) is 0 Å². The van der Waals surface area contributed by atoms with E-state index in [0.717, 1.165) is 83.0 Å². The molecule has 1 aliphatic heterocycles. The largest absolute Gasteiger partial charge is 0.307 e. The number of allylic oxidation sites excluding steroid dienone is 6. The predicted molar refractivity (Wildman–Crippen MR) is 228 cm³/mol. The molecule has 6 fully saturated rings. The third kappa shape index (κ3) is 5.57. The van der Waals surface area contributed by atoms with Crippen LogP contribution in [0.4, 0.5) is 0 Å². The molecule has 0 aromatic heterocycles. The van der Waals surface area contributed by atoms with Crippen LogP contribution in [0.5, 0.6) is 0 Å². The normalized spacial score (nSPS) is 48.7. The fourth-order valence-corrected chi connectivity index (χ4v) is 19.5. The van der Waals surface area contributed by atoms with Crippen molar-refractivity contribution in [1.29, 1.82) is 0 Å². The number of rotatable bonds is 3. The van der Waals surface area contributed by atoms with E-state index in [2.05, 4.69) is 45.8 Å². The van der Waals surface area contributed by atoms with Gasteiger partial charge in [0, 0.05) is 17.5 Å². The Balaban J connectivity index is 0.949. The zero-order valence-electron chi connectivity index (χ0n) is 35.1. The standard InChI is InChI=1S/C54H79N/c1-3-16-34(17-4-1)36-30-51(35-18-5-2-6-19-35)55-52(31-36)43-26-15-29-49-53(43)42-25-12-14-28-48(42)54(49)47-27-13-11-24-41(47)46-32-44-39-22-9-7-20-37(39)38-21-8-10-23-40(38)45(44)33-50(46)54/h13,27,31,34-35,37-41,43,46-47,49-53,55H,1-12,14-26,28-30,32-33H2. The van der Waals surface area contributed by atoms with Gasteiger partial charge >= 0.3 is 0 Å². The second-order valence-corrected chi connectivity index (χ2v) is 22.9. The van der Waals surface area contributed by atoms with Gasteiger partial charge < -0.3 is 5.32 Å². The van der Waals surface area contributed by atoms with Gasteiger partial charge in [0.15, 0.2) is 0 Å². The molecule has 1 spiro atoms. The maximum absolute atomic E-state index is 4.64. The fraction of sp³-hybridized carbons (Fsp3) is 0.852. The Morgan fingerprint density at radius 2 is 1.20 bits per heavy atom. The number of fused-ring (bicyclic) bond motifs is 14. The van der Waals surface area contributed by atoms with Gasteiger partial charge in [0.1, 0.15) is 0 Å². The number of hydrogen-bond acceptors (Lipinski definition) is 1. The molecular weight excluding hydrogens is 663 g/mol. The van der Waals surface area contributed by atoms with E-state index in [0.29, 0.717) is 11.5 Å². The van der Waals surface area contributed by atoms with Crippen molar-refractivity contribution in [2.45, 2.75) is 205 Å². The van der Waals surface area contributed by atoms with Crippen LogP contribution in [0.25, 0.3) is 0 Å². The number of nitrogens with one attached hydrogen (secondary N) is 1. The lowest BCUT2D eigenvalue weighted by molar-refractivity contribution is 0.0157. The summed E-state index contributed by atoms with van der Waals surface area (Å²) in [5.41, 5.74) is 11.0. The van der Waals surface area contributed by atoms with Gasteiger partial charge in [-0.3, -0.25) is 0 Å². The first-order valence-electron chi connectivity index (χ1n) is 25.9. The van der Waals surface area contributed by atoms with Crippen LogP contribution in [-0.4, -0.2) is 12.1 Å². The molecule has 11 aliphatic carbocycles. The summed E-state index contributed by atoms with van der Waals surface area (Å²) in [6, 6.07) is 1.39. The quantitative estimate of drug-likeness (QED) is 0.284. The van der Waals surface area contributed by atoms with Gasteiger partial charge in [-0.25, -0.2) is 0 Å². The summed E-state index contributed by atoms with van der Waals surface area (Å²) in [4.78, 5) is 0. The molecule has 6 saturated carbocycles. The molecule has 14 atom stereocenters. The third-order valence-electron chi connectivity index (χ3n) is 21.2. The molecule has 300 valence electrons. The Labute approximate surface area is 337 Å². The monoisotopic (exact) mass is 742 g/mol. The van der Waals surface area contributed by atoms with Crippen LogP contribution in [0.1, 0.15) is 193 Å². The Bertz CT molecular complexity index is 1580. The lowest BCUT2D eigenvalue weighted by Gasteiger charge is -2.56. The van der Waals surface area contributed by atoms with E-state index in [4.69, 9.17) is 0 Å². The van der Waals surface area contributed by atoms with E-state index in [1.54, 1.807) is 44.9 Å². The van der Waals surface area contributed by atoms with E-state index < -0.39 is 0 Å². The van der Waals surface area contributed by atoms with Crippen molar-refractivity contribution in [3.05, 3.63) is 46.1 Å². The highest BCUT2D eigenvalue weighted by Gasteiger charge is 2.70. The van der Waals surface area contributed by atoms with Gasteiger partial charge in [-0.15, -0.1) is 0 Å². The van der Waals surface area contributed by atoms with Crippen molar-refractivity contribution >= 4 is 0 Å². The molecule has 1 heterocycles. The maximum atomic E-state index is 4.64. The Morgan fingerprint density at radius 3 is 2.00 bits per heavy atom. The molecular formula is C54H79N. The molecule has 0 aromatic carbocycles. The Hall–Kier alpha value is -1.08. The van der Waals surface area contributed by atoms with Gasteiger partial charge in [0.2, 0.25) is 0 Å². The van der Waals surface area contributed by atoms with Crippen LogP contribution >= 0.6 is 0 Å². The first-order chi connectivity index (χ1) is 27.3. The topological polar surface area (TPSA) is 12.0 Å². The molecule has 1 heteroatoms. The molecule has 0 saturated heterocycles. The molecule has 0 aromatic rings. The highest BCUT2D eigenvalue weighted by atomic mass is 15.0. The van der Waals surface area contributed by atoms with Crippen LogP contribution < -0.4 is 5.32 Å². The zero-order chi connectivity index (χ0) is 36.1. The van der Waals surface area contributed by atoms with Crippen molar-refractivity contribution < 1.29 is 0 Å². The van der Waals surface area contributed by atoms with Crippen molar-refractivity contribution in [1.82, 2.24) is 5.32 Å². The average molecular weight is 742 g/mol. The van der Waals surface area contributed by atoms with E-state index in [1.807, 2.05) is 5.57 Å². The number of hydrogen-bond donors (Lipinski definition) is 1. The molecule has 55 heavy (non-hydrogen) atoms. The van der Waals surface area contributed by atoms with Gasteiger partial charge in [0.25, 0.3) is 0 Å². The van der Waals surface area contributed by atoms with Crippen LogP contribution in [-0.2, 0) is 0 Å². The summed E-state index contributed by atoms with van der Waals surface area (Å²) in [5, 5.41) is 4.64. The SMILES string of the molecule is C1=CC2C(CC1)C1CC3=C(CC1C21C2=C(CCCC2)C2C(C4C=C(C5CCCCC5)CC(C5CCCCC5)N4)CCCC21)C1CCCCC1C1CCCCC31. The summed E-state index contributed by atoms with van der Waals surface area (Å²) < 4.78 is 0. The molecule has 14 unspecified atom stereocenters. The van der Waals surface area contributed by atoms with E-state index >= 15 is 0 Å². The molecule has 12 aliphatic rings. The van der Waals surface area contributed by atoms with E-state index in [1.165, 1.54) is 148 Å². The van der Waals surface area contributed by atoms with Gasteiger partial charge in [-0.2, -0.15) is 0 Å². The van der Waals surface area contributed by atoms with Crippen LogP contribution in [0.15, 0.2) is 46.1 Å². The molecule has 0 amide bonds. The Morgan fingerprint density at radius 1 is 0.509 bits per heavy atom. The van der Waals surface area contributed by atoms with Gasteiger partial charge in [-0.1, -0.05) is 117 Å². The smallest absolute Gasteiger partial charge is 0.0289 e. The lowest BCUT2D eigenvalue weighted by atomic mass is 9.49. The second-order valence-electron chi connectivity index (χ2n) is 22.9. The predicted octanol–water partition coefficient (Wildman–Crippen LogP) is 14.3. The maximum Gasteiger partial charge on any atom is 0.0289 e. The zero-order valence-corrected chi connectivity index (χ0v) is 35.1. The summed E-state index contributed by atoms with van der Waals surface area (Å²) >= 11 is 0. The van der Waals surface area contributed by atoms with Crippen molar-refractivity contribution in [2.24, 2.45) is 82.3 Å². The summed E-state index contributed by atoms with van der Waals surface area (Å²) in [5.74, 6) is 12.3. The summed E-state index contributed by atoms with van der Waals surface area (Å²) in [6.45, 7) is 0. The summed E-state index contributed by atoms with van der Waals surface area (Å²) in [7, 11) is 0. The first-order valence-corrected chi connectivity index (χ1v) is 25.9. The minimum absolute atomic E-state index is 0.491. The van der Waals surface area contributed by atoms with Crippen molar-refractivity contribution in [3.63, 3.8) is 0 Å². The Kier molecular flexibility index (Phi) is 9.50. The van der Waals surface area contributed by atoms with Gasteiger partial charge in [-0.05, 0) is 199 Å². The highest BCUT2D eigenvalue weighted by molar-refractivity contribution is 5.45. The molecule has 1 N–H and O–H groups in total. The average Bonchev–Trinajstić information content (AvgIpc) is 3.73. The lowest BCUT2D eigenvalue weighted by Crippen LogP contribution is -2.53. The van der Waals surface area contributed by atoms with Gasteiger partial charge in [0.05, 0.1) is 0 Å². The molecule has 1 nitrogen and oxygen atoms in total. The molecule has 12 rings (SSSR count). The first kappa shape index (κ1) is 35.8. The van der Waals surface area contributed by atoms with Crippen molar-refractivity contribution in [3.8, 4) is 0 Å². The molecule has 0 radical (unpaired) electrons. The summed E-state index contributed by atoms with van der Waals surface area (Å²) in [6.07, 6.45) is 53.8. The minimum atomic E-state index is 0.491. The second kappa shape index (κ2) is 14.6. The van der Waals surface area contributed by atoms with Crippen LogP contribution in [0.3, 0.4) is 0 Å².